The Balaban J connectivity index is 1.78. The highest BCUT2D eigenvalue weighted by Crippen LogP contribution is 2.25. The van der Waals surface area contributed by atoms with Crippen molar-refractivity contribution in [2.24, 2.45) is 0 Å². The van der Waals surface area contributed by atoms with Gasteiger partial charge in [0.15, 0.2) is 5.52 Å². The molecule has 2 heterocycles. The number of ether oxygens (including phenoxy) is 1. The van der Waals surface area contributed by atoms with Gasteiger partial charge in [0.05, 0.1) is 18.1 Å². The molecular weight excluding hydrogens is 296 g/mol. The number of benzene rings is 1. The Hall–Kier alpha value is -2.31. The second-order valence-electron chi connectivity index (χ2n) is 6.89. The van der Waals surface area contributed by atoms with E-state index in [9.17, 15) is 9.90 Å². The van der Waals surface area contributed by atoms with Crippen molar-refractivity contribution in [3.8, 4) is 5.75 Å². The van der Waals surface area contributed by atoms with Crippen LogP contribution in [-0.2, 0) is 11.3 Å². The lowest BCUT2D eigenvalue weighted by Crippen LogP contribution is -2.41. The maximum atomic E-state index is 12.3. The largest absolute Gasteiger partial charge is 0.506 e. The summed E-state index contributed by atoms with van der Waals surface area (Å²) in [5.74, 6) is 0.115. The zero-order valence-electron chi connectivity index (χ0n) is 13.7. The van der Waals surface area contributed by atoms with Crippen LogP contribution in [0, 0.1) is 0 Å². The molecule has 2 aromatic rings. The molecule has 1 N–H and O–H groups in total. The highest BCUT2D eigenvalue weighted by atomic mass is 16.6. The molecule has 7 nitrogen and oxygen atoms in total. The van der Waals surface area contributed by atoms with Crippen LogP contribution in [-0.4, -0.2) is 49.3 Å². The van der Waals surface area contributed by atoms with Gasteiger partial charge in [0.25, 0.3) is 0 Å². The van der Waals surface area contributed by atoms with Crippen molar-refractivity contribution in [1.82, 2.24) is 19.9 Å². The van der Waals surface area contributed by atoms with Gasteiger partial charge in [-0.15, -0.1) is 5.10 Å². The minimum atomic E-state index is -0.504. The van der Waals surface area contributed by atoms with Crippen LogP contribution in [0.5, 0.6) is 5.75 Å². The van der Waals surface area contributed by atoms with E-state index in [2.05, 4.69) is 10.3 Å². The molecular formula is C16H22N4O3. The molecule has 7 heteroatoms. The fourth-order valence-corrected chi connectivity index (χ4v) is 2.90. The number of amides is 1. The number of likely N-dealkylation sites (tertiary alicyclic amines) is 1. The second-order valence-corrected chi connectivity index (χ2v) is 6.89. The summed E-state index contributed by atoms with van der Waals surface area (Å²) in [4.78, 5) is 14.1. The second kappa shape index (κ2) is 5.72. The number of carbonyl (C=O) groups is 1. The normalized spacial score (nSPS) is 18.6. The van der Waals surface area contributed by atoms with Gasteiger partial charge in [-0.1, -0.05) is 11.3 Å². The van der Waals surface area contributed by atoms with Gasteiger partial charge in [-0.25, -0.2) is 9.48 Å². The molecule has 1 aliphatic rings. The first-order chi connectivity index (χ1) is 10.8. The molecule has 1 aromatic carbocycles. The molecule has 0 aliphatic carbocycles. The third-order valence-corrected chi connectivity index (χ3v) is 3.91. The van der Waals surface area contributed by atoms with Crippen molar-refractivity contribution < 1.29 is 14.6 Å². The summed E-state index contributed by atoms with van der Waals surface area (Å²) >= 11 is 0. The van der Waals surface area contributed by atoms with Gasteiger partial charge in [0.1, 0.15) is 11.4 Å². The van der Waals surface area contributed by atoms with E-state index < -0.39 is 5.60 Å². The van der Waals surface area contributed by atoms with Gasteiger partial charge < -0.3 is 14.7 Å². The Labute approximate surface area is 134 Å². The number of phenols is 1. The van der Waals surface area contributed by atoms with Crippen molar-refractivity contribution >= 4 is 17.1 Å². The zero-order chi connectivity index (χ0) is 16.6. The minimum absolute atomic E-state index is 0.0251. The molecule has 1 fully saturated rings. The smallest absolute Gasteiger partial charge is 0.410 e. The van der Waals surface area contributed by atoms with Crippen LogP contribution >= 0.6 is 0 Å². The summed E-state index contributed by atoms with van der Waals surface area (Å²) in [6, 6.07) is 5.24. The van der Waals surface area contributed by atoms with E-state index in [1.54, 1.807) is 21.7 Å². The SMILES string of the molecule is CC(C)(C)OC(=O)N1CCCC1Cn1nnc2c(O)cccc21. The first-order valence-corrected chi connectivity index (χ1v) is 7.86. The molecule has 1 unspecified atom stereocenters. The van der Waals surface area contributed by atoms with Crippen LogP contribution < -0.4 is 0 Å². The third kappa shape index (κ3) is 3.23. The number of phenolic OH excluding ortho intramolecular Hbond substituents is 1. The van der Waals surface area contributed by atoms with Gasteiger partial charge in [-0.05, 0) is 45.7 Å². The molecule has 23 heavy (non-hydrogen) atoms. The van der Waals surface area contributed by atoms with Crippen molar-refractivity contribution in [3.05, 3.63) is 18.2 Å². The number of carbonyl (C=O) groups excluding carboxylic acids is 1. The molecule has 0 radical (unpaired) electrons. The van der Waals surface area contributed by atoms with Gasteiger partial charge in [0, 0.05) is 6.54 Å². The lowest BCUT2D eigenvalue weighted by molar-refractivity contribution is 0.0212. The van der Waals surface area contributed by atoms with E-state index in [0.717, 1.165) is 18.4 Å². The van der Waals surface area contributed by atoms with Crippen LogP contribution in [0.4, 0.5) is 4.79 Å². The monoisotopic (exact) mass is 318 g/mol. The van der Waals surface area contributed by atoms with Crippen molar-refractivity contribution in [2.75, 3.05) is 6.54 Å². The predicted octanol–water partition coefficient (Wildman–Crippen LogP) is 2.54. The van der Waals surface area contributed by atoms with Crippen molar-refractivity contribution in [1.29, 1.82) is 0 Å². The molecule has 1 atom stereocenters. The summed E-state index contributed by atoms with van der Waals surface area (Å²) in [5.41, 5.74) is 0.742. The molecule has 0 saturated carbocycles. The molecule has 1 aliphatic heterocycles. The van der Waals surface area contributed by atoms with E-state index in [1.165, 1.54) is 0 Å². The number of hydrogen-bond acceptors (Lipinski definition) is 5. The number of aromatic nitrogens is 3. The Bertz CT molecular complexity index is 720. The van der Waals surface area contributed by atoms with Gasteiger partial charge in [-0.3, -0.25) is 0 Å². The van der Waals surface area contributed by atoms with E-state index in [1.807, 2.05) is 26.8 Å². The van der Waals surface area contributed by atoms with E-state index in [4.69, 9.17) is 4.74 Å². The van der Waals surface area contributed by atoms with Crippen LogP contribution in [0.15, 0.2) is 18.2 Å². The lowest BCUT2D eigenvalue weighted by atomic mass is 10.2. The topological polar surface area (TPSA) is 80.5 Å². The quantitative estimate of drug-likeness (QED) is 0.920. The number of hydrogen-bond donors (Lipinski definition) is 1. The highest BCUT2D eigenvalue weighted by Gasteiger charge is 2.32. The van der Waals surface area contributed by atoms with Crippen LogP contribution in [0.1, 0.15) is 33.6 Å². The van der Waals surface area contributed by atoms with E-state index in [0.29, 0.717) is 18.6 Å². The predicted molar refractivity (Wildman–Crippen MR) is 85.2 cm³/mol. The summed E-state index contributed by atoms with van der Waals surface area (Å²) < 4.78 is 7.22. The maximum Gasteiger partial charge on any atom is 0.410 e. The van der Waals surface area contributed by atoms with Crippen LogP contribution in [0.25, 0.3) is 11.0 Å². The Morgan fingerprint density at radius 1 is 1.43 bits per heavy atom. The number of fused-ring (bicyclic) bond motifs is 1. The summed E-state index contributed by atoms with van der Waals surface area (Å²) in [7, 11) is 0. The molecule has 0 bridgehead atoms. The minimum Gasteiger partial charge on any atom is -0.506 e. The fourth-order valence-electron chi connectivity index (χ4n) is 2.90. The van der Waals surface area contributed by atoms with Crippen molar-refractivity contribution in [2.45, 2.75) is 51.8 Å². The van der Waals surface area contributed by atoms with E-state index in [-0.39, 0.29) is 17.9 Å². The molecule has 124 valence electrons. The van der Waals surface area contributed by atoms with E-state index >= 15 is 0 Å². The average molecular weight is 318 g/mol. The Morgan fingerprint density at radius 2 is 2.22 bits per heavy atom. The maximum absolute atomic E-state index is 12.3. The highest BCUT2D eigenvalue weighted by molar-refractivity contribution is 5.80. The first kappa shape index (κ1) is 15.6. The Kier molecular flexibility index (Phi) is 3.87. The molecule has 0 spiro atoms. The van der Waals surface area contributed by atoms with Gasteiger partial charge in [-0.2, -0.15) is 0 Å². The fraction of sp³-hybridized carbons (Fsp3) is 0.562. The van der Waals surface area contributed by atoms with Crippen molar-refractivity contribution in [3.63, 3.8) is 0 Å². The zero-order valence-corrected chi connectivity index (χ0v) is 13.7. The van der Waals surface area contributed by atoms with Gasteiger partial charge >= 0.3 is 6.09 Å². The number of rotatable bonds is 2. The molecule has 1 saturated heterocycles. The average Bonchev–Trinajstić information content (AvgIpc) is 3.06. The summed E-state index contributed by atoms with van der Waals surface area (Å²) in [6.45, 7) is 6.83. The molecule has 3 rings (SSSR count). The lowest BCUT2D eigenvalue weighted by Gasteiger charge is -2.28. The summed E-state index contributed by atoms with van der Waals surface area (Å²) in [5, 5.41) is 17.9. The first-order valence-electron chi connectivity index (χ1n) is 7.86. The van der Waals surface area contributed by atoms with Crippen LogP contribution in [0.3, 0.4) is 0 Å². The van der Waals surface area contributed by atoms with Gasteiger partial charge in [0.2, 0.25) is 0 Å². The molecule has 1 aromatic heterocycles. The number of aromatic hydroxyl groups is 1. The van der Waals surface area contributed by atoms with Crippen LogP contribution in [0.2, 0.25) is 0 Å². The third-order valence-electron chi connectivity index (χ3n) is 3.91. The number of nitrogens with zero attached hydrogens (tertiary/aromatic N) is 4. The molecule has 1 amide bonds. The summed E-state index contributed by atoms with van der Waals surface area (Å²) in [6.07, 6.45) is 1.56. The standard InChI is InChI=1S/C16H22N4O3/c1-16(2,3)23-15(22)19-9-5-6-11(19)10-20-12-7-4-8-13(21)14(12)17-18-20/h4,7-8,11,21H,5-6,9-10H2,1-3H3. The Morgan fingerprint density at radius 3 is 2.96 bits per heavy atom.